The zero-order valence-electron chi connectivity index (χ0n) is 15.3. The number of aromatic nitrogens is 1. The van der Waals surface area contributed by atoms with Crippen molar-refractivity contribution in [2.45, 2.75) is 13.8 Å². The molecule has 1 aromatic heterocycles. The summed E-state index contributed by atoms with van der Waals surface area (Å²) in [6, 6.07) is 11.0. The molecule has 0 radical (unpaired) electrons. The van der Waals surface area contributed by atoms with Crippen molar-refractivity contribution in [3.63, 3.8) is 0 Å². The summed E-state index contributed by atoms with van der Waals surface area (Å²) in [7, 11) is 0. The third-order valence-electron chi connectivity index (χ3n) is 4.66. The van der Waals surface area contributed by atoms with Gasteiger partial charge in [-0.25, -0.2) is 0 Å². The molecule has 144 valence electrons. The van der Waals surface area contributed by atoms with Gasteiger partial charge in [0.15, 0.2) is 5.43 Å². The summed E-state index contributed by atoms with van der Waals surface area (Å²) in [6.07, 6.45) is 0. The number of aromatic amines is 1. The molecule has 0 fully saturated rings. The van der Waals surface area contributed by atoms with Crippen molar-refractivity contribution in [2.24, 2.45) is 0 Å². The van der Waals surface area contributed by atoms with Gasteiger partial charge >= 0.3 is 0 Å². The number of nitrogens with zero attached hydrogens (tertiary/aromatic N) is 1. The highest BCUT2D eigenvalue weighted by molar-refractivity contribution is 14.1. The number of fused-ring (bicyclic) bond motifs is 2. The summed E-state index contributed by atoms with van der Waals surface area (Å²) in [4.78, 5) is 31.1. The molecule has 7 heteroatoms. The van der Waals surface area contributed by atoms with Gasteiger partial charge in [0.1, 0.15) is 0 Å². The van der Waals surface area contributed by atoms with E-state index in [9.17, 15) is 9.59 Å². The minimum absolute atomic E-state index is 0. The number of halogens is 2. The van der Waals surface area contributed by atoms with Gasteiger partial charge in [0, 0.05) is 22.0 Å². The van der Waals surface area contributed by atoms with Gasteiger partial charge in [0.05, 0.1) is 22.0 Å². The predicted molar refractivity (Wildman–Crippen MR) is 122 cm³/mol. The lowest BCUT2D eigenvalue weighted by Gasteiger charge is -2.18. The molecule has 0 aliphatic rings. The van der Waals surface area contributed by atoms with Crippen molar-refractivity contribution in [1.82, 2.24) is 15.2 Å². The van der Waals surface area contributed by atoms with Gasteiger partial charge in [-0.15, -0.1) is 12.4 Å². The number of nitrogens with one attached hydrogen (secondary N) is 2. The number of amides is 1. The van der Waals surface area contributed by atoms with Crippen molar-refractivity contribution in [3.05, 3.63) is 55.8 Å². The minimum Gasteiger partial charge on any atom is -0.354 e. The normalized spacial score (nSPS) is 11.0. The highest BCUT2D eigenvalue weighted by atomic mass is 127. The van der Waals surface area contributed by atoms with Gasteiger partial charge in [-0.2, -0.15) is 0 Å². The minimum atomic E-state index is -0.164. The quantitative estimate of drug-likeness (QED) is 0.401. The Bertz CT molecular complexity index is 1020. The number of hydrogen-bond acceptors (Lipinski definition) is 3. The van der Waals surface area contributed by atoms with E-state index in [0.717, 1.165) is 28.7 Å². The van der Waals surface area contributed by atoms with E-state index in [1.54, 1.807) is 18.2 Å². The standard InChI is InChI=1S/C20H22IN3O2.ClH/c1-3-24(4-2)12-11-22-20(26)14-8-5-7-13-18(14)23-16-10-6-9-15(21)17(16)19(13)25;/h5-10H,3-4,11-12H2,1-2H3,(H,22,26)(H,23,25);1H. The smallest absolute Gasteiger partial charge is 0.253 e. The Kier molecular flexibility index (Phi) is 7.64. The zero-order chi connectivity index (χ0) is 18.7. The van der Waals surface area contributed by atoms with Crippen LogP contribution in [0.1, 0.15) is 24.2 Å². The van der Waals surface area contributed by atoms with Crippen LogP contribution in [0.2, 0.25) is 0 Å². The first kappa shape index (κ1) is 21.7. The van der Waals surface area contributed by atoms with E-state index in [1.165, 1.54) is 0 Å². The van der Waals surface area contributed by atoms with Crippen molar-refractivity contribution in [3.8, 4) is 0 Å². The van der Waals surface area contributed by atoms with Gasteiger partial charge in [-0.3, -0.25) is 9.59 Å². The first-order chi connectivity index (χ1) is 12.6. The van der Waals surface area contributed by atoms with Gasteiger partial charge < -0.3 is 15.2 Å². The molecule has 3 rings (SSSR count). The molecule has 0 aliphatic carbocycles. The molecule has 0 saturated heterocycles. The lowest BCUT2D eigenvalue weighted by molar-refractivity contribution is 0.0950. The van der Waals surface area contributed by atoms with Crippen LogP contribution in [0.25, 0.3) is 21.8 Å². The van der Waals surface area contributed by atoms with Crippen LogP contribution in [-0.4, -0.2) is 42.0 Å². The lowest BCUT2D eigenvalue weighted by atomic mass is 10.1. The number of rotatable bonds is 6. The summed E-state index contributed by atoms with van der Waals surface area (Å²) in [5, 5.41) is 4.17. The SMILES string of the molecule is CCN(CC)CCNC(=O)c1cccc2c(=O)c3c(I)cccc3[nH]c12.Cl. The topological polar surface area (TPSA) is 65.2 Å². The maximum absolute atomic E-state index is 12.9. The molecule has 0 spiro atoms. The maximum Gasteiger partial charge on any atom is 0.253 e. The molecule has 2 aromatic carbocycles. The van der Waals surface area contributed by atoms with Gasteiger partial charge in [-0.05, 0) is 59.9 Å². The Labute approximate surface area is 178 Å². The van der Waals surface area contributed by atoms with E-state index in [1.807, 2.05) is 18.2 Å². The van der Waals surface area contributed by atoms with E-state index < -0.39 is 0 Å². The predicted octanol–water partition coefficient (Wildman–Crippen LogP) is 3.78. The largest absolute Gasteiger partial charge is 0.354 e. The van der Waals surface area contributed by atoms with Crippen molar-refractivity contribution in [2.75, 3.05) is 26.2 Å². The number of pyridine rings is 1. The highest BCUT2D eigenvalue weighted by Crippen LogP contribution is 2.21. The van der Waals surface area contributed by atoms with Gasteiger partial charge in [0.2, 0.25) is 0 Å². The van der Waals surface area contributed by atoms with E-state index in [0.29, 0.717) is 28.4 Å². The van der Waals surface area contributed by atoms with E-state index >= 15 is 0 Å². The molecule has 0 bridgehead atoms. The van der Waals surface area contributed by atoms with E-state index in [2.05, 4.69) is 51.6 Å². The number of H-pyrrole nitrogens is 1. The van der Waals surface area contributed by atoms with Crippen LogP contribution in [0.5, 0.6) is 0 Å². The van der Waals surface area contributed by atoms with Crippen LogP contribution in [0, 0.1) is 3.57 Å². The number of benzene rings is 2. The second-order valence-electron chi connectivity index (χ2n) is 6.13. The molecule has 3 aromatic rings. The molecule has 2 N–H and O–H groups in total. The number of para-hydroxylation sites is 1. The van der Waals surface area contributed by atoms with Crippen LogP contribution in [-0.2, 0) is 0 Å². The van der Waals surface area contributed by atoms with Crippen LogP contribution in [0.15, 0.2) is 41.2 Å². The van der Waals surface area contributed by atoms with Crippen molar-refractivity contribution < 1.29 is 4.79 Å². The van der Waals surface area contributed by atoms with Crippen molar-refractivity contribution >= 4 is 62.7 Å². The molecular formula is C20H23ClIN3O2. The summed E-state index contributed by atoms with van der Waals surface area (Å²) >= 11 is 2.17. The Morgan fingerprint density at radius 3 is 2.56 bits per heavy atom. The molecule has 1 heterocycles. The van der Waals surface area contributed by atoms with Crippen molar-refractivity contribution in [1.29, 1.82) is 0 Å². The van der Waals surface area contributed by atoms with Crippen LogP contribution >= 0.6 is 35.0 Å². The van der Waals surface area contributed by atoms with Gasteiger partial charge in [0.25, 0.3) is 5.91 Å². The maximum atomic E-state index is 12.9. The van der Waals surface area contributed by atoms with Crippen LogP contribution < -0.4 is 10.7 Å². The fraction of sp³-hybridized carbons (Fsp3) is 0.300. The first-order valence-electron chi connectivity index (χ1n) is 8.80. The Morgan fingerprint density at radius 2 is 1.85 bits per heavy atom. The fourth-order valence-corrected chi connectivity index (χ4v) is 3.90. The average molecular weight is 500 g/mol. The lowest BCUT2D eigenvalue weighted by Crippen LogP contribution is -2.35. The third-order valence-corrected chi connectivity index (χ3v) is 5.56. The Hall–Kier alpha value is -1.64. The van der Waals surface area contributed by atoms with Crippen LogP contribution in [0.4, 0.5) is 0 Å². The number of likely N-dealkylation sites (N-methyl/N-ethyl adjacent to an activating group) is 1. The molecular weight excluding hydrogens is 477 g/mol. The molecule has 1 amide bonds. The second-order valence-corrected chi connectivity index (χ2v) is 7.29. The zero-order valence-corrected chi connectivity index (χ0v) is 18.3. The summed E-state index contributed by atoms with van der Waals surface area (Å²) in [6.45, 7) is 7.51. The Morgan fingerprint density at radius 1 is 1.15 bits per heavy atom. The Balaban J connectivity index is 0.00000261. The number of hydrogen-bond donors (Lipinski definition) is 2. The number of carbonyl (C=O) groups is 1. The van der Waals surface area contributed by atoms with Gasteiger partial charge in [-0.1, -0.05) is 26.0 Å². The van der Waals surface area contributed by atoms with E-state index in [4.69, 9.17) is 0 Å². The second kappa shape index (κ2) is 9.52. The van der Waals surface area contributed by atoms with E-state index in [-0.39, 0.29) is 23.7 Å². The van der Waals surface area contributed by atoms with Crippen LogP contribution in [0.3, 0.4) is 0 Å². The summed E-state index contributed by atoms with van der Waals surface area (Å²) in [5.41, 5.74) is 1.79. The molecule has 0 unspecified atom stereocenters. The monoisotopic (exact) mass is 499 g/mol. The molecule has 27 heavy (non-hydrogen) atoms. The third kappa shape index (κ3) is 4.44. The highest BCUT2D eigenvalue weighted by Gasteiger charge is 2.15. The average Bonchev–Trinajstić information content (AvgIpc) is 2.65. The number of carbonyl (C=O) groups excluding carboxylic acids is 1. The first-order valence-corrected chi connectivity index (χ1v) is 9.88. The molecule has 0 atom stereocenters. The summed E-state index contributed by atoms with van der Waals surface area (Å²) < 4.78 is 0.900. The summed E-state index contributed by atoms with van der Waals surface area (Å²) in [5.74, 6) is -0.164. The molecule has 5 nitrogen and oxygen atoms in total. The molecule has 0 aliphatic heterocycles. The molecule has 0 saturated carbocycles. The fourth-order valence-electron chi connectivity index (χ4n) is 3.16.